The number of fused-ring (bicyclic) bond motifs is 1. The summed E-state index contributed by atoms with van der Waals surface area (Å²) in [7, 11) is 0. The minimum Gasteiger partial charge on any atom is -0.477 e. The van der Waals surface area contributed by atoms with Crippen LogP contribution in [0.2, 0.25) is 0 Å². The Hall–Kier alpha value is -2.29. The van der Waals surface area contributed by atoms with Crippen molar-refractivity contribution in [1.29, 1.82) is 0 Å². The number of nitrogen functional groups attached to an aromatic ring is 1. The number of aromatic nitrogens is 5. The molecular formula is C15H16BrFN6O. The highest BCUT2D eigenvalue weighted by Gasteiger charge is 2.14. The van der Waals surface area contributed by atoms with Crippen LogP contribution in [0.3, 0.4) is 0 Å². The lowest BCUT2D eigenvalue weighted by molar-refractivity contribution is 0.278. The van der Waals surface area contributed by atoms with E-state index in [-0.39, 0.29) is 6.61 Å². The summed E-state index contributed by atoms with van der Waals surface area (Å²) in [5, 5.41) is 4.07. The maximum atomic E-state index is 12.2. The highest BCUT2D eigenvalue weighted by Crippen LogP contribution is 2.25. The van der Waals surface area contributed by atoms with Crippen LogP contribution in [0.5, 0.6) is 5.88 Å². The summed E-state index contributed by atoms with van der Waals surface area (Å²) in [6.07, 6.45) is 2.22. The van der Waals surface area contributed by atoms with E-state index in [1.54, 1.807) is 0 Å². The van der Waals surface area contributed by atoms with Crippen LogP contribution in [0.4, 0.5) is 10.2 Å². The second kappa shape index (κ2) is 7.08. The molecule has 3 rings (SSSR count). The van der Waals surface area contributed by atoms with E-state index in [2.05, 4.69) is 36.0 Å². The first kappa shape index (κ1) is 16.6. The molecule has 24 heavy (non-hydrogen) atoms. The first-order valence-electron chi connectivity index (χ1n) is 7.39. The quantitative estimate of drug-likeness (QED) is 0.645. The van der Waals surface area contributed by atoms with Crippen molar-refractivity contribution in [2.24, 2.45) is 0 Å². The van der Waals surface area contributed by atoms with Crippen molar-refractivity contribution in [3.8, 4) is 5.88 Å². The predicted octanol–water partition coefficient (Wildman–Crippen LogP) is 2.50. The third kappa shape index (κ3) is 3.30. The average molecular weight is 395 g/mol. The number of alkyl halides is 1. The summed E-state index contributed by atoms with van der Waals surface area (Å²) < 4.78 is 19.9. The molecule has 3 heterocycles. The van der Waals surface area contributed by atoms with Gasteiger partial charge in [-0.2, -0.15) is 14.6 Å². The lowest BCUT2D eigenvalue weighted by atomic mass is 10.1. The molecule has 0 amide bonds. The Morgan fingerprint density at radius 2 is 2.17 bits per heavy atom. The average Bonchev–Trinajstić information content (AvgIpc) is 3.02. The number of hydrogen-bond acceptors (Lipinski definition) is 6. The van der Waals surface area contributed by atoms with E-state index in [1.807, 2.05) is 19.1 Å². The van der Waals surface area contributed by atoms with Crippen LogP contribution in [-0.4, -0.2) is 37.8 Å². The van der Waals surface area contributed by atoms with Crippen LogP contribution in [0.25, 0.3) is 5.78 Å². The number of ether oxygens (including phenoxy) is 1. The highest BCUT2D eigenvalue weighted by molar-refractivity contribution is 9.10. The van der Waals surface area contributed by atoms with Crippen molar-refractivity contribution in [3.05, 3.63) is 39.9 Å². The Bertz CT molecular complexity index is 869. The van der Waals surface area contributed by atoms with Crippen LogP contribution < -0.4 is 10.5 Å². The Balaban J connectivity index is 1.89. The zero-order valence-corrected chi connectivity index (χ0v) is 14.6. The standard InChI is InChI=1S/C15H16BrFN6O/c1-9-11(13(18)23-15(21-9)19-8-20-23)7-10-3-4-12(16)14(22-10)24-6-2-5-17/h3-4,8H,2,5-7,18H2,1H3. The van der Waals surface area contributed by atoms with Gasteiger partial charge in [-0.25, -0.2) is 9.97 Å². The summed E-state index contributed by atoms with van der Waals surface area (Å²) in [6.45, 7) is 1.73. The van der Waals surface area contributed by atoms with E-state index in [4.69, 9.17) is 10.5 Å². The molecule has 0 radical (unpaired) electrons. The Labute approximate surface area is 146 Å². The Kier molecular flexibility index (Phi) is 4.89. The van der Waals surface area contributed by atoms with Crippen molar-refractivity contribution in [3.63, 3.8) is 0 Å². The molecule has 0 aliphatic rings. The fourth-order valence-corrected chi connectivity index (χ4v) is 2.63. The molecule has 0 fully saturated rings. The lowest BCUT2D eigenvalue weighted by Gasteiger charge is -2.11. The van der Waals surface area contributed by atoms with Gasteiger partial charge in [-0.15, -0.1) is 0 Å². The fraction of sp³-hybridized carbons (Fsp3) is 0.333. The van der Waals surface area contributed by atoms with Gasteiger partial charge in [0.25, 0.3) is 5.78 Å². The van der Waals surface area contributed by atoms with Crippen molar-refractivity contribution in [2.75, 3.05) is 19.0 Å². The molecule has 0 spiro atoms. The molecule has 0 atom stereocenters. The topological polar surface area (TPSA) is 91.2 Å². The molecular weight excluding hydrogens is 379 g/mol. The van der Waals surface area contributed by atoms with Gasteiger partial charge in [-0.3, -0.25) is 4.39 Å². The second-order valence-corrected chi connectivity index (χ2v) is 6.04. The minimum atomic E-state index is -0.420. The summed E-state index contributed by atoms with van der Waals surface area (Å²) >= 11 is 3.38. The first-order valence-corrected chi connectivity index (χ1v) is 8.18. The van der Waals surface area contributed by atoms with E-state index >= 15 is 0 Å². The number of halogens is 2. The highest BCUT2D eigenvalue weighted by atomic mass is 79.9. The number of hydrogen-bond donors (Lipinski definition) is 1. The lowest BCUT2D eigenvalue weighted by Crippen LogP contribution is -2.10. The molecule has 3 aromatic heterocycles. The van der Waals surface area contributed by atoms with E-state index in [0.717, 1.165) is 21.4 Å². The van der Waals surface area contributed by atoms with E-state index in [1.165, 1.54) is 10.8 Å². The maximum Gasteiger partial charge on any atom is 0.254 e. The van der Waals surface area contributed by atoms with E-state index < -0.39 is 6.67 Å². The molecule has 0 saturated heterocycles. The van der Waals surface area contributed by atoms with Gasteiger partial charge in [0, 0.05) is 29.8 Å². The number of rotatable bonds is 6. The largest absolute Gasteiger partial charge is 0.477 e. The van der Waals surface area contributed by atoms with Crippen LogP contribution in [0.1, 0.15) is 23.4 Å². The van der Waals surface area contributed by atoms with Gasteiger partial charge < -0.3 is 10.5 Å². The molecule has 0 aliphatic heterocycles. The number of nitrogens with two attached hydrogens (primary N) is 1. The van der Waals surface area contributed by atoms with Gasteiger partial charge in [-0.05, 0) is 35.0 Å². The van der Waals surface area contributed by atoms with Gasteiger partial charge in [0.1, 0.15) is 12.1 Å². The van der Waals surface area contributed by atoms with E-state index in [9.17, 15) is 4.39 Å². The molecule has 7 nitrogen and oxygen atoms in total. The molecule has 0 aliphatic carbocycles. The maximum absolute atomic E-state index is 12.2. The smallest absolute Gasteiger partial charge is 0.254 e. The molecule has 0 bridgehead atoms. The van der Waals surface area contributed by atoms with Gasteiger partial charge in [0.05, 0.1) is 17.8 Å². The molecule has 0 saturated carbocycles. The molecule has 0 unspecified atom stereocenters. The first-order chi connectivity index (χ1) is 11.6. The number of aryl methyl sites for hydroxylation is 1. The summed E-state index contributed by atoms with van der Waals surface area (Å²) in [6, 6.07) is 3.72. The van der Waals surface area contributed by atoms with Crippen molar-refractivity contribution in [1.82, 2.24) is 24.6 Å². The fourth-order valence-electron chi connectivity index (χ4n) is 2.30. The molecule has 2 N–H and O–H groups in total. The van der Waals surface area contributed by atoms with Gasteiger partial charge in [0.2, 0.25) is 5.88 Å². The van der Waals surface area contributed by atoms with Crippen molar-refractivity contribution in [2.45, 2.75) is 19.8 Å². The summed E-state index contributed by atoms with van der Waals surface area (Å²) in [4.78, 5) is 12.9. The molecule has 0 aromatic carbocycles. The third-order valence-electron chi connectivity index (χ3n) is 3.52. The monoisotopic (exact) mass is 394 g/mol. The number of pyridine rings is 1. The molecule has 9 heteroatoms. The minimum absolute atomic E-state index is 0.277. The van der Waals surface area contributed by atoms with Gasteiger partial charge in [0.15, 0.2) is 0 Å². The SMILES string of the molecule is Cc1nc2ncnn2c(N)c1Cc1ccc(Br)c(OCCCF)n1. The summed E-state index contributed by atoms with van der Waals surface area (Å²) in [5.74, 6) is 1.39. The molecule has 3 aromatic rings. The third-order valence-corrected chi connectivity index (χ3v) is 4.12. The van der Waals surface area contributed by atoms with Gasteiger partial charge >= 0.3 is 0 Å². The Morgan fingerprint density at radius 3 is 2.96 bits per heavy atom. The van der Waals surface area contributed by atoms with E-state index in [0.29, 0.717) is 30.3 Å². The van der Waals surface area contributed by atoms with Crippen LogP contribution in [-0.2, 0) is 6.42 Å². The zero-order valence-electron chi connectivity index (χ0n) is 13.0. The number of nitrogens with zero attached hydrogens (tertiary/aromatic N) is 5. The van der Waals surface area contributed by atoms with Gasteiger partial charge in [-0.1, -0.05) is 0 Å². The van der Waals surface area contributed by atoms with Crippen molar-refractivity contribution >= 4 is 27.5 Å². The van der Waals surface area contributed by atoms with Crippen LogP contribution in [0, 0.1) is 6.92 Å². The normalized spacial score (nSPS) is 11.1. The zero-order chi connectivity index (χ0) is 17.1. The van der Waals surface area contributed by atoms with Crippen molar-refractivity contribution < 1.29 is 9.13 Å². The second-order valence-electron chi connectivity index (χ2n) is 5.19. The van der Waals surface area contributed by atoms with Crippen LogP contribution >= 0.6 is 15.9 Å². The Morgan fingerprint density at radius 1 is 1.33 bits per heavy atom. The van der Waals surface area contributed by atoms with Crippen LogP contribution in [0.15, 0.2) is 22.9 Å². The predicted molar refractivity (Wildman–Crippen MR) is 90.8 cm³/mol. The molecule has 126 valence electrons. The summed E-state index contributed by atoms with van der Waals surface area (Å²) in [5.41, 5.74) is 8.56. The number of anilines is 1.